The van der Waals surface area contributed by atoms with E-state index in [-0.39, 0.29) is 5.57 Å². The number of benzene rings is 2. The van der Waals surface area contributed by atoms with Gasteiger partial charge in [-0.25, -0.2) is 0 Å². The third-order valence-corrected chi connectivity index (χ3v) is 3.64. The maximum atomic E-state index is 12.2. The van der Waals surface area contributed by atoms with Gasteiger partial charge in [0.25, 0.3) is 5.91 Å². The number of amides is 1. The molecule has 2 aromatic carbocycles. The monoisotopic (exact) mass is 336 g/mol. The molecule has 0 aliphatic carbocycles. The largest absolute Gasteiger partial charge is 0.493 e. The predicted molar refractivity (Wildman–Crippen MR) is 96.3 cm³/mol. The van der Waals surface area contributed by atoms with Gasteiger partial charge in [-0.1, -0.05) is 42.5 Å². The molecule has 1 N–H and O–H groups in total. The van der Waals surface area contributed by atoms with Crippen LogP contribution in [0.3, 0.4) is 0 Å². The number of carbonyl (C=O) groups excluding carboxylic acids is 1. The molecule has 0 bridgehead atoms. The van der Waals surface area contributed by atoms with Crippen LogP contribution in [0.5, 0.6) is 11.5 Å². The molecule has 0 heterocycles. The number of nitriles is 1. The maximum Gasteiger partial charge on any atom is 0.261 e. The first-order valence-electron chi connectivity index (χ1n) is 7.84. The number of methoxy groups -OCH3 is 2. The molecule has 0 saturated heterocycles. The Morgan fingerprint density at radius 1 is 1.12 bits per heavy atom. The van der Waals surface area contributed by atoms with Crippen LogP contribution in [0.25, 0.3) is 6.08 Å². The molecule has 0 saturated carbocycles. The van der Waals surface area contributed by atoms with Crippen molar-refractivity contribution in [1.29, 1.82) is 5.26 Å². The highest BCUT2D eigenvalue weighted by Crippen LogP contribution is 2.32. The highest BCUT2D eigenvalue weighted by Gasteiger charge is 2.12. The Hall–Kier alpha value is -3.26. The number of nitrogens with one attached hydrogen (secondary N) is 1. The van der Waals surface area contributed by atoms with Gasteiger partial charge in [0.2, 0.25) is 0 Å². The number of rotatable bonds is 7. The molecular weight excluding hydrogens is 316 g/mol. The Morgan fingerprint density at radius 3 is 2.52 bits per heavy atom. The summed E-state index contributed by atoms with van der Waals surface area (Å²) >= 11 is 0. The highest BCUT2D eigenvalue weighted by molar-refractivity contribution is 6.02. The Kier molecular flexibility index (Phi) is 6.61. The van der Waals surface area contributed by atoms with Crippen LogP contribution < -0.4 is 14.8 Å². The SMILES string of the molecule is COc1cccc(/C=C(\C#N)C(=O)NCCc2ccccc2)c1OC. The molecule has 0 atom stereocenters. The average Bonchev–Trinajstić information content (AvgIpc) is 2.66. The van der Waals surface area contributed by atoms with E-state index < -0.39 is 5.91 Å². The summed E-state index contributed by atoms with van der Waals surface area (Å²) in [5.41, 5.74) is 1.75. The zero-order valence-electron chi connectivity index (χ0n) is 14.3. The molecular formula is C20H20N2O3. The van der Waals surface area contributed by atoms with Crippen LogP contribution in [-0.4, -0.2) is 26.7 Å². The molecule has 128 valence electrons. The van der Waals surface area contributed by atoms with Crippen LogP contribution in [0.4, 0.5) is 0 Å². The third kappa shape index (κ3) is 4.85. The van der Waals surface area contributed by atoms with Crippen LogP contribution in [0.2, 0.25) is 0 Å². The van der Waals surface area contributed by atoms with E-state index in [1.165, 1.54) is 20.3 Å². The van der Waals surface area contributed by atoms with E-state index in [0.29, 0.717) is 30.0 Å². The van der Waals surface area contributed by atoms with Crippen molar-refractivity contribution in [3.63, 3.8) is 0 Å². The van der Waals surface area contributed by atoms with Crippen molar-refractivity contribution in [3.05, 3.63) is 65.2 Å². The van der Waals surface area contributed by atoms with Crippen LogP contribution in [-0.2, 0) is 11.2 Å². The van der Waals surface area contributed by atoms with Gasteiger partial charge in [-0.3, -0.25) is 4.79 Å². The minimum atomic E-state index is -0.414. The lowest BCUT2D eigenvalue weighted by atomic mass is 10.1. The van der Waals surface area contributed by atoms with Gasteiger partial charge in [0.05, 0.1) is 14.2 Å². The third-order valence-electron chi connectivity index (χ3n) is 3.64. The van der Waals surface area contributed by atoms with E-state index in [9.17, 15) is 10.1 Å². The summed E-state index contributed by atoms with van der Waals surface area (Å²) < 4.78 is 10.5. The first kappa shape index (κ1) is 18.1. The van der Waals surface area contributed by atoms with Crippen molar-refractivity contribution in [2.45, 2.75) is 6.42 Å². The molecule has 2 rings (SSSR count). The second kappa shape index (κ2) is 9.14. The van der Waals surface area contributed by atoms with Crippen molar-refractivity contribution in [2.75, 3.05) is 20.8 Å². The average molecular weight is 336 g/mol. The number of carbonyl (C=O) groups is 1. The molecule has 0 aliphatic rings. The Labute approximate surface area is 147 Å². The predicted octanol–water partition coefficient (Wildman–Crippen LogP) is 2.97. The van der Waals surface area contributed by atoms with E-state index in [4.69, 9.17) is 9.47 Å². The second-order valence-electron chi connectivity index (χ2n) is 5.24. The number of hydrogen-bond donors (Lipinski definition) is 1. The minimum Gasteiger partial charge on any atom is -0.493 e. The van der Waals surface area contributed by atoms with Crippen molar-refractivity contribution in [3.8, 4) is 17.6 Å². The molecule has 0 spiro atoms. The first-order chi connectivity index (χ1) is 12.2. The van der Waals surface area contributed by atoms with E-state index >= 15 is 0 Å². The molecule has 1 amide bonds. The summed E-state index contributed by atoms with van der Waals surface area (Å²) in [7, 11) is 3.05. The van der Waals surface area contributed by atoms with Gasteiger partial charge in [0.1, 0.15) is 11.6 Å². The Balaban J connectivity index is 2.09. The summed E-state index contributed by atoms with van der Waals surface area (Å²) in [5.74, 6) is 0.608. The Morgan fingerprint density at radius 2 is 1.88 bits per heavy atom. The molecule has 0 aliphatic heterocycles. The fourth-order valence-electron chi connectivity index (χ4n) is 2.39. The lowest BCUT2D eigenvalue weighted by molar-refractivity contribution is -0.117. The van der Waals surface area contributed by atoms with Gasteiger partial charge in [-0.05, 0) is 24.1 Å². The molecule has 5 heteroatoms. The molecule has 0 unspecified atom stereocenters. The zero-order chi connectivity index (χ0) is 18.1. The summed E-state index contributed by atoms with van der Waals surface area (Å²) in [6, 6.07) is 17.1. The first-order valence-corrected chi connectivity index (χ1v) is 7.84. The standard InChI is InChI=1S/C20H20N2O3/c1-24-18-10-6-9-16(19(18)25-2)13-17(14-21)20(23)22-12-11-15-7-4-3-5-8-15/h3-10,13H,11-12H2,1-2H3,(H,22,23)/b17-13+. The van der Waals surface area contributed by atoms with E-state index in [1.54, 1.807) is 18.2 Å². The highest BCUT2D eigenvalue weighted by atomic mass is 16.5. The lowest BCUT2D eigenvalue weighted by Gasteiger charge is -2.10. The number of ether oxygens (including phenoxy) is 2. The number of para-hydroxylation sites is 1. The number of hydrogen-bond acceptors (Lipinski definition) is 4. The van der Waals surface area contributed by atoms with Crippen molar-refractivity contribution < 1.29 is 14.3 Å². The van der Waals surface area contributed by atoms with Crippen molar-refractivity contribution in [1.82, 2.24) is 5.32 Å². The fraction of sp³-hybridized carbons (Fsp3) is 0.200. The van der Waals surface area contributed by atoms with Crippen LogP contribution >= 0.6 is 0 Å². The number of nitrogens with zero attached hydrogens (tertiary/aromatic N) is 1. The van der Waals surface area contributed by atoms with Gasteiger partial charge in [-0.15, -0.1) is 0 Å². The minimum absolute atomic E-state index is 0.0135. The van der Waals surface area contributed by atoms with E-state index in [1.807, 2.05) is 36.4 Å². The molecule has 2 aromatic rings. The topological polar surface area (TPSA) is 71.3 Å². The maximum absolute atomic E-state index is 12.2. The lowest BCUT2D eigenvalue weighted by Crippen LogP contribution is -2.26. The summed E-state index contributed by atoms with van der Waals surface area (Å²) in [6.45, 7) is 0.455. The molecule has 5 nitrogen and oxygen atoms in total. The molecule has 0 fully saturated rings. The van der Waals surface area contributed by atoms with Crippen LogP contribution in [0.15, 0.2) is 54.1 Å². The summed E-state index contributed by atoms with van der Waals surface area (Å²) in [6.07, 6.45) is 2.20. The Bertz CT molecular complexity index is 792. The van der Waals surface area contributed by atoms with Crippen LogP contribution in [0.1, 0.15) is 11.1 Å². The van der Waals surface area contributed by atoms with Gasteiger partial charge in [0, 0.05) is 12.1 Å². The molecule has 0 radical (unpaired) electrons. The fourth-order valence-corrected chi connectivity index (χ4v) is 2.39. The summed E-state index contributed by atoms with van der Waals surface area (Å²) in [5, 5.41) is 12.1. The molecule has 0 aromatic heterocycles. The van der Waals surface area contributed by atoms with Gasteiger partial charge in [-0.2, -0.15) is 5.26 Å². The van der Waals surface area contributed by atoms with Gasteiger partial charge < -0.3 is 14.8 Å². The smallest absolute Gasteiger partial charge is 0.261 e. The van der Waals surface area contributed by atoms with Crippen molar-refractivity contribution >= 4 is 12.0 Å². The van der Waals surface area contributed by atoms with Gasteiger partial charge >= 0.3 is 0 Å². The van der Waals surface area contributed by atoms with Gasteiger partial charge in [0.15, 0.2) is 11.5 Å². The molecule has 25 heavy (non-hydrogen) atoms. The second-order valence-corrected chi connectivity index (χ2v) is 5.24. The normalized spacial score (nSPS) is 10.7. The van der Waals surface area contributed by atoms with Crippen molar-refractivity contribution in [2.24, 2.45) is 0 Å². The van der Waals surface area contributed by atoms with Crippen LogP contribution in [0, 0.1) is 11.3 Å². The summed E-state index contributed by atoms with van der Waals surface area (Å²) in [4.78, 5) is 12.2. The van der Waals surface area contributed by atoms with E-state index in [2.05, 4.69) is 5.32 Å². The quantitative estimate of drug-likeness (QED) is 0.623. The zero-order valence-corrected chi connectivity index (χ0v) is 14.3. The van der Waals surface area contributed by atoms with E-state index in [0.717, 1.165) is 5.56 Å².